The third-order valence-corrected chi connectivity index (χ3v) is 8.43. The van der Waals surface area contributed by atoms with Crippen LogP contribution in [0.3, 0.4) is 0 Å². The molecule has 0 aliphatic carbocycles. The number of unbranched alkanes of at least 4 members (excludes halogenated alkanes) is 3. The zero-order valence-electron chi connectivity index (χ0n) is 28.3. The Bertz CT molecular complexity index is 1500. The number of carbonyl (C=O) groups excluding carboxylic acids is 4. The Morgan fingerprint density at radius 2 is 1.96 bits per heavy atom. The van der Waals surface area contributed by atoms with E-state index in [-0.39, 0.29) is 19.6 Å². The Morgan fingerprint density at radius 3 is 2.62 bits per heavy atom. The summed E-state index contributed by atoms with van der Waals surface area (Å²) in [6.45, 7) is 10.3. The maximum Gasteiger partial charge on any atom is 0.408 e. The predicted molar refractivity (Wildman–Crippen MR) is 174 cm³/mol. The second kappa shape index (κ2) is 15.0. The first-order chi connectivity index (χ1) is 22.3. The van der Waals surface area contributed by atoms with Crippen LogP contribution in [-0.4, -0.2) is 77.9 Å². The van der Waals surface area contributed by atoms with Crippen LogP contribution in [0.4, 0.5) is 4.79 Å². The van der Waals surface area contributed by atoms with E-state index in [0.717, 1.165) is 30.2 Å². The van der Waals surface area contributed by atoms with Crippen LogP contribution in [-0.2, 0) is 41.6 Å². The van der Waals surface area contributed by atoms with E-state index in [1.165, 1.54) is 18.9 Å². The predicted octanol–water partition coefficient (Wildman–Crippen LogP) is 5.17. The number of hydrogen-bond donors (Lipinski definition) is 1. The molecule has 3 unspecified atom stereocenters. The minimum Gasteiger partial charge on any atom is -0.497 e. The average molecular weight is 654 g/mol. The van der Waals surface area contributed by atoms with E-state index in [0.29, 0.717) is 48.4 Å². The molecule has 2 aromatic rings. The molecule has 1 aromatic carbocycles. The van der Waals surface area contributed by atoms with Gasteiger partial charge in [0.15, 0.2) is 0 Å². The van der Waals surface area contributed by atoms with Crippen molar-refractivity contribution in [2.75, 3.05) is 20.8 Å². The Balaban J connectivity index is 1.67. The third-order valence-electron chi connectivity index (χ3n) is 8.43. The van der Waals surface area contributed by atoms with Gasteiger partial charge in [0.1, 0.15) is 47.1 Å². The fourth-order valence-corrected chi connectivity index (χ4v) is 6.23. The summed E-state index contributed by atoms with van der Waals surface area (Å²) in [6.07, 6.45) is 5.99. The van der Waals surface area contributed by atoms with Crippen LogP contribution in [0.5, 0.6) is 11.5 Å². The fourth-order valence-electron chi connectivity index (χ4n) is 6.23. The highest BCUT2D eigenvalue weighted by Gasteiger charge is 2.53. The molecule has 3 atom stereocenters. The number of hydrogen-bond acceptors (Lipinski definition) is 10. The molecule has 2 aliphatic rings. The molecule has 256 valence electrons. The summed E-state index contributed by atoms with van der Waals surface area (Å²) in [7, 11) is 2.87. The summed E-state index contributed by atoms with van der Waals surface area (Å²) < 4.78 is 28.2. The van der Waals surface area contributed by atoms with Crippen LogP contribution in [0.1, 0.15) is 83.9 Å². The molecule has 1 saturated heterocycles. The van der Waals surface area contributed by atoms with Crippen molar-refractivity contribution in [3.63, 3.8) is 0 Å². The number of fused-ring (bicyclic) bond motifs is 3. The monoisotopic (exact) mass is 653 g/mol. The van der Waals surface area contributed by atoms with Gasteiger partial charge in [-0.05, 0) is 71.1 Å². The van der Waals surface area contributed by atoms with Gasteiger partial charge >= 0.3 is 18.0 Å². The van der Waals surface area contributed by atoms with Crippen molar-refractivity contribution in [2.45, 2.75) is 109 Å². The summed E-state index contributed by atoms with van der Waals surface area (Å²) in [5.74, 6) is -0.332. The maximum absolute atomic E-state index is 14.3. The second-order valence-electron chi connectivity index (χ2n) is 13.1. The Morgan fingerprint density at radius 1 is 1.19 bits per heavy atom. The minimum atomic E-state index is -0.957. The first-order valence-electron chi connectivity index (χ1n) is 16.1. The lowest BCUT2D eigenvalue weighted by Gasteiger charge is -2.37. The molecule has 1 fully saturated rings. The van der Waals surface area contributed by atoms with E-state index < -0.39 is 47.2 Å². The maximum atomic E-state index is 14.3. The molecule has 0 radical (unpaired) electrons. The number of esters is 2. The van der Waals surface area contributed by atoms with E-state index in [1.807, 2.05) is 24.3 Å². The largest absolute Gasteiger partial charge is 0.497 e. The van der Waals surface area contributed by atoms with Crippen molar-refractivity contribution in [1.29, 1.82) is 0 Å². The number of pyridine rings is 1. The number of nitrogens with zero attached hydrogens (tertiary/aromatic N) is 2. The van der Waals surface area contributed by atoms with E-state index in [1.54, 1.807) is 27.9 Å². The molecular weight excluding hydrogens is 606 g/mol. The summed E-state index contributed by atoms with van der Waals surface area (Å²) in [5, 5.41) is 3.60. The number of carbonyl (C=O) groups is 4. The van der Waals surface area contributed by atoms with E-state index in [9.17, 15) is 19.2 Å². The Labute approximate surface area is 276 Å². The summed E-state index contributed by atoms with van der Waals surface area (Å²) in [6, 6.07) is 3.68. The van der Waals surface area contributed by atoms with Crippen LogP contribution < -0.4 is 14.8 Å². The zero-order chi connectivity index (χ0) is 34.4. The fraction of sp³-hybridized carbons (Fsp3) is 0.571. The van der Waals surface area contributed by atoms with Crippen LogP contribution in [0.25, 0.3) is 10.9 Å². The zero-order valence-corrected chi connectivity index (χ0v) is 28.3. The quantitative estimate of drug-likeness (QED) is 0.141. The van der Waals surface area contributed by atoms with Gasteiger partial charge in [-0.25, -0.2) is 14.6 Å². The van der Waals surface area contributed by atoms with Crippen molar-refractivity contribution in [2.24, 2.45) is 0 Å². The SMILES string of the molecule is C=CCCCCCC(NC(=O)OC(C)(C)C)C(=O)N1CC2(CCc3c(c(COC(C)=O)nc4ccc(OC)cc34)O2)CC1C(=O)OC. The number of methoxy groups -OCH3 is 2. The number of allylic oxidation sites excluding steroid dienone is 1. The molecule has 12 heteroatoms. The van der Waals surface area contributed by atoms with Crippen molar-refractivity contribution in [3.05, 3.63) is 42.1 Å². The molecule has 2 aliphatic heterocycles. The van der Waals surface area contributed by atoms with E-state index in [4.69, 9.17) is 28.7 Å². The van der Waals surface area contributed by atoms with Crippen molar-refractivity contribution < 1.29 is 42.9 Å². The van der Waals surface area contributed by atoms with Crippen molar-refractivity contribution in [1.82, 2.24) is 15.2 Å². The topological polar surface area (TPSA) is 143 Å². The lowest BCUT2D eigenvalue weighted by molar-refractivity contribution is -0.151. The molecule has 4 rings (SSSR count). The molecule has 3 heterocycles. The third kappa shape index (κ3) is 8.72. The first kappa shape index (κ1) is 35.5. The smallest absolute Gasteiger partial charge is 0.408 e. The van der Waals surface area contributed by atoms with Crippen LogP contribution >= 0.6 is 0 Å². The van der Waals surface area contributed by atoms with Crippen LogP contribution in [0, 0.1) is 0 Å². The lowest BCUT2D eigenvalue weighted by Crippen LogP contribution is -2.53. The number of nitrogens with one attached hydrogen (secondary N) is 1. The number of rotatable bonds is 12. The minimum absolute atomic E-state index is 0.0805. The summed E-state index contributed by atoms with van der Waals surface area (Å²) >= 11 is 0. The highest BCUT2D eigenvalue weighted by molar-refractivity contribution is 5.91. The number of benzene rings is 1. The van der Waals surface area contributed by atoms with Gasteiger partial charge < -0.3 is 33.9 Å². The van der Waals surface area contributed by atoms with E-state index in [2.05, 4.69) is 11.9 Å². The molecule has 0 saturated carbocycles. The molecule has 1 aromatic heterocycles. The average Bonchev–Trinajstić information content (AvgIpc) is 3.39. The Kier molecular flexibility index (Phi) is 11.4. The number of aromatic nitrogens is 1. The van der Waals surface area contributed by atoms with Gasteiger partial charge in [-0.1, -0.05) is 18.9 Å². The van der Waals surface area contributed by atoms with Gasteiger partial charge in [-0.15, -0.1) is 6.58 Å². The molecule has 47 heavy (non-hydrogen) atoms. The number of ether oxygens (including phenoxy) is 5. The number of likely N-dealkylation sites (tertiary alicyclic amines) is 1. The van der Waals surface area contributed by atoms with Gasteiger partial charge in [0.05, 0.1) is 26.3 Å². The summed E-state index contributed by atoms with van der Waals surface area (Å²) in [5.41, 5.74) is 0.302. The van der Waals surface area contributed by atoms with Gasteiger partial charge in [0.25, 0.3) is 0 Å². The molecule has 1 N–H and O–H groups in total. The van der Waals surface area contributed by atoms with Gasteiger partial charge in [0, 0.05) is 24.3 Å². The second-order valence-corrected chi connectivity index (χ2v) is 13.1. The lowest BCUT2D eigenvalue weighted by atomic mass is 9.87. The number of aryl methyl sites for hydroxylation is 1. The van der Waals surface area contributed by atoms with Gasteiger partial charge in [0.2, 0.25) is 5.91 Å². The van der Waals surface area contributed by atoms with E-state index >= 15 is 0 Å². The van der Waals surface area contributed by atoms with Crippen molar-refractivity contribution in [3.8, 4) is 11.5 Å². The molecule has 1 spiro atoms. The first-order valence-corrected chi connectivity index (χ1v) is 16.1. The standard InChI is InChI=1S/C35H47N3O9/c1-8-9-10-11-12-13-27(37-33(42)47-34(3,4)5)31(40)38-21-35(19-29(38)32(41)44-7)17-16-24-25-18-23(43-6)14-15-26(25)36-28(30(24)46-35)20-45-22(2)39/h8,14-15,18,27,29H,1,9-13,16-17,19-21H2,2-7H3,(H,37,42). The highest BCUT2D eigenvalue weighted by atomic mass is 16.6. The summed E-state index contributed by atoms with van der Waals surface area (Å²) in [4.78, 5) is 58.2. The normalized spacial score (nSPS) is 19.4. The van der Waals surface area contributed by atoms with Crippen molar-refractivity contribution >= 4 is 34.8 Å². The molecular formula is C35H47N3O9. The molecule has 0 bridgehead atoms. The van der Waals surface area contributed by atoms with Gasteiger partial charge in [-0.2, -0.15) is 0 Å². The van der Waals surface area contributed by atoms with Gasteiger partial charge in [-0.3, -0.25) is 9.59 Å². The van der Waals surface area contributed by atoms with Crippen LogP contribution in [0.15, 0.2) is 30.9 Å². The number of alkyl carbamates (subject to hydrolysis) is 1. The molecule has 12 nitrogen and oxygen atoms in total. The highest BCUT2D eigenvalue weighted by Crippen LogP contribution is 2.45. The van der Waals surface area contributed by atoms with Crippen LogP contribution in [0.2, 0.25) is 0 Å². The Hall–Kier alpha value is -4.35. The molecule has 2 amide bonds. The number of amides is 2.